The van der Waals surface area contributed by atoms with Crippen LogP contribution in [0.2, 0.25) is 0 Å². The summed E-state index contributed by atoms with van der Waals surface area (Å²) in [5, 5.41) is 9.25. The fraction of sp³-hybridized carbons (Fsp3) is 0.200. The monoisotopic (exact) mass is 259 g/mol. The van der Waals surface area contributed by atoms with Crippen LogP contribution in [-0.2, 0) is 11.2 Å². The smallest absolute Gasteiger partial charge is 0.311 e. The summed E-state index contributed by atoms with van der Waals surface area (Å²) in [4.78, 5) is 15.2. The summed E-state index contributed by atoms with van der Waals surface area (Å²) < 4.78 is 13.7. The third-order valence-electron chi connectivity index (χ3n) is 3.05. The van der Waals surface area contributed by atoms with E-state index >= 15 is 0 Å². The van der Waals surface area contributed by atoms with Gasteiger partial charge in [0.15, 0.2) is 0 Å². The highest BCUT2D eigenvalue weighted by Crippen LogP contribution is 2.24. The number of carboxylic acids is 1. The molecule has 1 heterocycles. The Morgan fingerprint density at radius 1 is 1.21 bits per heavy atom. The Morgan fingerprint density at radius 2 is 1.89 bits per heavy atom. The van der Waals surface area contributed by atoms with E-state index in [9.17, 15) is 14.3 Å². The summed E-state index contributed by atoms with van der Waals surface area (Å²) in [6, 6.07) is 9.69. The van der Waals surface area contributed by atoms with Crippen LogP contribution in [-0.4, -0.2) is 16.1 Å². The van der Waals surface area contributed by atoms with Gasteiger partial charge in [0, 0.05) is 18.0 Å². The third-order valence-corrected chi connectivity index (χ3v) is 3.05. The van der Waals surface area contributed by atoms with Crippen LogP contribution in [0.4, 0.5) is 4.39 Å². The number of nitrogens with zero attached hydrogens (tertiary/aromatic N) is 1. The second-order valence-electron chi connectivity index (χ2n) is 4.31. The molecule has 1 aromatic carbocycles. The molecule has 0 bridgehead atoms. The number of aliphatic carboxylic acids is 1. The molecule has 19 heavy (non-hydrogen) atoms. The molecule has 0 amide bonds. The van der Waals surface area contributed by atoms with Crippen molar-refractivity contribution in [3.63, 3.8) is 0 Å². The zero-order valence-electron chi connectivity index (χ0n) is 10.3. The molecule has 4 heteroatoms. The van der Waals surface area contributed by atoms with E-state index in [0.29, 0.717) is 12.8 Å². The molecule has 2 rings (SSSR count). The lowest BCUT2D eigenvalue weighted by atomic mass is 9.92. The van der Waals surface area contributed by atoms with Gasteiger partial charge in [0.25, 0.3) is 0 Å². The van der Waals surface area contributed by atoms with Gasteiger partial charge in [-0.15, -0.1) is 0 Å². The van der Waals surface area contributed by atoms with Crippen LogP contribution in [0.25, 0.3) is 0 Å². The minimum Gasteiger partial charge on any atom is -0.481 e. The topological polar surface area (TPSA) is 50.2 Å². The lowest BCUT2D eigenvalue weighted by molar-refractivity contribution is -0.139. The van der Waals surface area contributed by atoms with E-state index in [0.717, 1.165) is 5.56 Å². The van der Waals surface area contributed by atoms with Crippen molar-refractivity contribution in [1.82, 2.24) is 4.98 Å². The number of benzene rings is 1. The van der Waals surface area contributed by atoms with Gasteiger partial charge in [-0.1, -0.05) is 18.2 Å². The number of halogens is 1. The Morgan fingerprint density at radius 3 is 2.53 bits per heavy atom. The fourth-order valence-corrected chi connectivity index (χ4v) is 2.03. The summed E-state index contributed by atoms with van der Waals surface area (Å²) in [5.41, 5.74) is 1.24. The van der Waals surface area contributed by atoms with Gasteiger partial charge in [-0.05, 0) is 36.6 Å². The van der Waals surface area contributed by atoms with Gasteiger partial charge in [0.05, 0.1) is 5.92 Å². The molecule has 1 N–H and O–H groups in total. The largest absolute Gasteiger partial charge is 0.481 e. The summed E-state index contributed by atoms with van der Waals surface area (Å²) in [6.45, 7) is 0. The molecular weight excluding hydrogens is 245 g/mol. The molecule has 0 saturated carbocycles. The molecule has 0 radical (unpaired) electrons. The average molecular weight is 259 g/mol. The van der Waals surface area contributed by atoms with Crippen molar-refractivity contribution in [2.75, 3.05) is 0 Å². The van der Waals surface area contributed by atoms with Crippen molar-refractivity contribution in [1.29, 1.82) is 0 Å². The molecule has 1 aromatic heterocycles. The lowest BCUT2D eigenvalue weighted by Gasteiger charge is -2.13. The summed E-state index contributed by atoms with van der Waals surface area (Å²) >= 11 is 0. The molecule has 2 aromatic rings. The van der Waals surface area contributed by atoms with E-state index in [1.54, 1.807) is 24.5 Å². The van der Waals surface area contributed by atoms with E-state index in [4.69, 9.17) is 0 Å². The Hall–Kier alpha value is -2.23. The van der Waals surface area contributed by atoms with Crippen molar-refractivity contribution in [3.05, 3.63) is 65.7 Å². The van der Waals surface area contributed by atoms with Crippen LogP contribution >= 0.6 is 0 Å². The predicted octanol–water partition coefficient (Wildman–Crippen LogP) is 3.02. The minimum absolute atomic E-state index is 0.240. The van der Waals surface area contributed by atoms with E-state index < -0.39 is 17.7 Å². The summed E-state index contributed by atoms with van der Waals surface area (Å²) in [6.07, 6.45) is 4.26. The molecule has 0 spiro atoms. The molecule has 0 aliphatic carbocycles. The van der Waals surface area contributed by atoms with E-state index in [1.807, 2.05) is 12.1 Å². The summed E-state index contributed by atoms with van der Waals surface area (Å²) in [7, 11) is 0. The molecule has 98 valence electrons. The predicted molar refractivity (Wildman–Crippen MR) is 69.3 cm³/mol. The van der Waals surface area contributed by atoms with Gasteiger partial charge in [0.1, 0.15) is 5.82 Å². The molecule has 1 atom stereocenters. The first kappa shape index (κ1) is 13.2. The van der Waals surface area contributed by atoms with E-state index in [-0.39, 0.29) is 5.56 Å². The molecule has 3 nitrogen and oxygen atoms in total. The zero-order valence-corrected chi connectivity index (χ0v) is 10.3. The maximum absolute atomic E-state index is 13.7. The molecule has 0 aliphatic rings. The second kappa shape index (κ2) is 6.09. The van der Waals surface area contributed by atoms with Crippen LogP contribution in [0.3, 0.4) is 0 Å². The first-order valence-corrected chi connectivity index (χ1v) is 6.04. The first-order chi connectivity index (χ1) is 9.18. The highest BCUT2D eigenvalue weighted by molar-refractivity contribution is 5.76. The van der Waals surface area contributed by atoms with Crippen LogP contribution < -0.4 is 0 Å². The van der Waals surface area contributed by atoms with Crippen LogP contribution in [0.5, 0.6) is 0 Å². The zero-order chi connectivity index (χ0) is 13.7. The number of aryl methyl sites for hydroxylation is 1. The molecule has 0 fully saturated rings. The molecular formula is C15H14FNO2. The Bertz CT molecular complexity index is 557. The lowest BCUT2D eigenvalue weighted by Crippen LogP contribution is -2.14. The standard InChI is InChI=1S/C15H14FNO2/c16-14-4-2-1-3-12(14)13(15(18)19)6-5-11-7-9-17-10-8-11/h1-4,7-10,13H,5-6H2,(H,18,19). The van der Waals surface area contributed by atoms with Crippen molar-refractivity contribution in [3.8, 4) is 0 Å². The van der Waals surface area contributed by atoms with E-state index in [1.165, 1.54) is 12.1 Å². The SMILES string of the molecule is O=C(O)C(CCc1ccncc1)c1ccccc1F. The number of aromatic nitrogens is 1. The maximum atomic E-state index is 13.7. The van der Waals surface area contributed by atoms with Gasteiger partial charge < -0.3 is 5.11 Å². The number of carbonyl (C=O) groups is 1. The molecule has 0 aliphatic heterocycles. The third kappa shape index (κ3) is 3.37. The minimum atomic E-state index is -1.00. The summed E-state index contributed by atoms with van der Waals surface area (Å²) in [5.74, 6) is -2.29. The quantitative estimate of drug-likeness (QED) is 0.897. The van der Waals surface area contributed by atoms with Crippen LogP contribution in [0.15, 0.2) is 48.8 Å². The van der Waals surface area contributed by atoms with E-state index in [2.05, 4.69) is 4.98 Å². The average Bonchev–Trinajstić information content (AvgIpc) is 2.42. The van der Waals surface area contributed by atoms with Crippen LogP contribution in [0.1, 0.15) is 23.5 Å². The number of carboxylic acid groups (broad SMARTS) is 1. The van der Waals surface area contributed by atoms with Gasteiger partial charge in [-0.3, -0.25) is 9.78 Å². The number of hydrogen-bond acceptors (Lipinski definition) is 2. The highest BCUT2D eigenvalue weighted by Gasteiger charge is 2.22. The van der Waals surface area contributed by atoms with Crippen molar-refractivity contribution in [2.45, 2.75) is 18.8 Å². The van der Waals surface area contributed by atoms with Gasteiger partial charge >= 0.3 is 5.97 Å². The van der Waals surface area contributed by atoms with Crippen LogP contribution in [0, 0.1) is 5.82 Å². The van der Waals surface area contributed by atoms with Gasteiger partial charge in [-0.25, -0.2) is 4.39 Å². The normalized spacial score (nSPS) is 12.1. The van der Waals surface area contributed by atoms with Crippen molar-refractivity contribution < 1.29 is 14.3 Å². The van der Waals surface area contributed by atoms with Crippen molar-refractivity contribution in [2.24, 2.45) is 0 Å². The first-order valence-electron chi connectivity index (χ1n) is 6.04. The number of hydrogen-bond donors (Lipinski definition) is 1. The Kier molecular flexibility index (Phi) is 4.23. The number of rotatable bonds is 5. The molecule has 1 unspecified atom stereocenters. The molecule has 0 saturated heterocycles. The Labute approximate surface area is 110 Å². The maximum Gasteiger partial charge on any atom is 0.311 e. The van der Waals surface area contributed by atoms with Gasteiger partial charge in [0.2, 0.25) is 0 Å². The number of pyridine rings is 1. The fourth-order valence-electron chi connectivity index (χ4n) is 2.03. The van der Waals surface area contributed by atoms with Gasteiger partial charge in [-0.2, -0.15) is 0 Å². The highest BCUT2D eigenvalue weighted by atomic mass is 19.1. The Balaban J connectivity index is 2.14. The second-order valence-corrected chi connectivity index (χ2v) is 4.31. The van der Waals surface area contributed by atoms with Crippen molar-refractivity contribution >= 4 is 5.97 Å².